The van der Waals surface area contributed by atoms with E-state index in [1.807, 2.05) is 61.5 Å². The van der Waals surface area contributed by atoms with Crippen LogP contribution < -0.4 is 10.6 Å². The maximum atomic E-state index is 6.26. The van der Waals surface area contributed by atoms with Gasteiger partial charge in [0.05, 0.1) is 6.54 Å². The molecule has 3 aromatic rings. The normalized spacial score (nSPS) is 10.4. The molecule has 2 N–H and O–H groups in total. The fourth-order valence-corrected chi connectivity index (χ4v) is 2.71. The molecule has 122 valence electrons. The third-order valence-corrected chi connectivity index (χ3v) is 4.01. The van der Waals surface area contributed by atoms with Gasteiger partial charge in [0.15, 0.2) is 10.9 Å². The highest BCUT2D eigenvalue weighted by Crippen LogP contribution is 2.21. The van der Waals surface area contributed by atoms with Crippen LogP contribution in [0.25, 0.3) is 0 Å². The van der Waals surface area contributed by atoms with Gasteiger partial charge in [-0.1, -0.05) is 60.1 Å². The van der Waals surface area contributed by atoms with Gasteiger partial charge in [-0.3, -0.25) is 4.68 Å². The molecule has 0 radical (unpaired) electrons. The minimum Gasteiger partial charge on any atom is -0.332 e. The molecular weight excluding hydrogens is 340 g/mol. The van der Waals surface area contributed by atoms with E-state index in [1.165, 1.54) is 0 Å². The molecule has 0 amide bonds. The predicted octanol–water partition coefficient (Wildman–Crippen LogP) is 4.70. The molecule has 0 aliphatic heterocycles. The van der Waals surface area contributed by atoms with Crippen LogP contribution in [-0.4, -0.2) is 14.9 Å². The topological polar surface area (TPSA) is 41.9 Å². The first-order chi connectivity index (χ1) is 11.6. The van der Waals surface area contributed by atoms with E-state index in [0.29, 0.717) is 22.5 Å². The van der Waals surface area contributed by atoms with Crippen LogP contribution >= 0.6 is 23.8 Å². The number of hydrogen-bond donors (Lipinski definition) is 2. The molecule has 0 aliphatic rings. The molecule has 2 aromatic carbocycles. The molecule has 0 bridgehead atoms. The summed E-state index contributed by atoms with van der Waals surface area (Å²) >= 11 is 11.6. The monoisotopic (exact) mass is 356 g/mol. The highest BCUT2D eigenvalue weighted by molar-refractivity contribution is 7.80. The van der Waals surface area contributed by atoms with Crippen molar-refractivity contribution in [2.24, 2.45) is 0 Å². The number of nitrogens with one attached hydrogen (secondary N) is 2. The summed E-state index contributed by atoms with van der Waals surface area (Å²) in [5.74, 6) is 0.540. The Kier molecular flexibility index (Phi) is 5.13. The van der Waals surface area contributed by atoms with E-state index >= 15 is 0 Å². The highest BCUT2D eigenvalue weighted by atomic mass is 35.5. The van der Waals surface area contributed by atoms with Crippen LogP contribution in [0.3, 0.4) is 0 Å². The van der Waals surface area contributed by atoms with Crippen LogP contribution in [0.1, 0.15) is 11.1 Å². The number of thiocarbonyl (C=S) groups is 1. The largest absolute Gasteiger partial charge is 0.332 e. The van der Waals surface area contributed by atoms with Gasteiger partial charge in [0, 0.05) is 11.9 Å². The Morgan fingerprint density at radius 1 is 1.08 bits per heavy atom. The molecule has 0 unspecified atom stereocenters. The Labute approximate surface area is 151 Å². The van der Waals surface area contributed by atoms with Gasteiger partial charge in [-0.2, -0.15) is 5.10 Å². The quantitative estimate of drug-likeness (QED) is 0.665. The molecular formula is C18H17ClN4S. The number of aromatic nitrogens is 2. The first kappa shape index (κ1) is 16.5. The fraction of sp³-hybridized carbons (Fsp3) is 0.111. The van der Waals surface area contributed by atoms with Crippen molar-refractivity contribution in [3.05, 3.63) is 76.9 Å². The summed E-state index contributed by atoms with van der Waals surface area (Å²) in [5.41, 5.74) is 3.22. The van der Waals surface area contributed by atoms with Crippen molar-refractivity contribution < 1.29 is 0 Å². The van der Waals surface area contributed by atoms with Crippen molar-refractivity contribution in [2.45, 2.75) is 13.5 Å². The molecule has 0 atom stereocenters. The maximum absolute atomic E-state index is 6.26. The van der Waals surface area contributed by atoms with Crippen molar-refractivity contribution in [3.63, 3.8) is 0 Å². The zero-order valence-electron chi connectivity index (χ0n) is 13.2. The van der Waals surface area contributed by atoms with E-state index in [4.69, 9.17) is 23.8 Å². The number of para-hydroxylation sites is 1. The number of nitrogens with zero attached hydrogens (tertiary/aromatic N) is 2. The van der Waals surface area contributed by atoms with Gasteiger partial charge in [-0.05, 0) is 36.3 Å². The Morgan fingerprint density at radius 2 is 1.79 bits per heavy atom. The minimum absolute atomic E-state index is 0.455. The standard InChI is InChI=1S/C18H17ClN4S/c1-13-7-5-6-10-16(13)20-18(24)21-17-15(19)12-23(22-17)11-14-8-3-2-4-9-14/h2-10,12H,11H2,1H3,(H2,20,21,22,24). The zero-order chi connectivity index (χ0) is 16.9. The molecule has 6 heteroatoms. The van der Waals surface area contributed by atoms with Crippen LogP contribution in [0.4, 0.5) is 11.5 Å². The van der Waals surface area contributed by atoms with Crippen molar-refractivity contribution in [1.82, 2.24) is 9.78 Å². The summed E-state index contributed by atoms with van der Waals surface area (Å²) in [7, 11) is 0. The molecule has 24 heavy (non-hydrogen) atoms. The van der Waals surface area contributed by atoms with Crippen LogP contribution in [0.2, 0.25) is 5.02 Å². The number of rotatable bonds is 4. The molecule has 4 nitrogen and oxygen atoms in total. The summed E-state index contributed by atoms with van der Waals surface area (Å²) in [6.07, 6.45) is 1.78. The van der Waals surface area contributed by atoms with Gasteiger partial charge in [0.1, 0.15) is 5.02 Å². The van der Waals surface area contributed by atoms with Gasteiger partial charge >= 0.3 is 0 Å². The first-order valence-corrected chi connectivity index (χ1v) is 8.31. The number of aryl methyl sites for hydroxylation is 1. The Hall–Kier alpha value is -2.37. The van der Waals surface area contributed by atoms with E-state index < -0.39 is 0 Å². The minimum atomic E-state index is 0.455. The summed E-state index contributed by atoms with van der Waals surface area (Å²) in [4.78, 5) is 0. The Balaban J connectivity index is 1.67. The summed E-state index contributed by atoms with van der Waals surface area (Å²) < 4.78 is 1.79. The summed E-state index contributed by atoms with van der Waals surface area (Å²) in [6, 6.07) is 18.0. The molecule has 0 spiro atoms. The Bertz CT molecular complexity index is 845. The van der Waals surface area contributed by atoms with E-state index in [1.54, 1.807) is 10.9 Å². The van der Waals surface area contributed by atoms with E-state index in [-0.39, 0.29) is 0 Å². The summed E-state index contributed by atoms with van der Waals surface area (Å²) in [6.45, 7) is 2.67. The Morgan fingerprint density at radius 3 is 2.54 bits per heavy atom. The van der Waals surface area contributed by atoms with Crippen LogP contribution in [-0.2, 0) is 6.54 Å². The lowest BCUT2D eigenvalue weighted by Crippen LogP contribution is -2.20. The fourth-order valence-electron chi connectivity index (χ4n) is 2.31. The van der Waals surface area contributed by atoms with Gasteiger partial charge in [-0.25, -0.2) is 0 Å². The van der Waals surface area contributed by atoms with Crippen molar-refractivity contribution in [2.75, 3.05) is 10.6 Å². The van der Waals surface area contributed by atoms with Crippen LogP contribution in [0.5, 0.6) is 0 Å². The second-order valence-corrected chi connectivity index (χ2v) is 6.22. The first-order valence-electron chi connectivity index (χ1n) is 7.52. The second-order valence-electron chi connectivity index (χ2n) is 5.40. The number of benzene rings is 2. The van der Waals surface area contributed by atoms with Gasteiger partial charge < -0.3 is 10.6 Å². The number of anilines is 2. The van der Waals surface area contributed by atoms with E-state index in [2.05, 4.69) is 15.7 Å². The van der Waals surface area contributed by atoms with Crippen molar-refractivity contribution in [3.8, 4) is 0 Å². The highest BCUT2D eigenvalue weighted by Gasteiger charge is 2.09. The smallest absolute Gasteiger partial charge is 0.176 e. The number of hydrogen-bond acceptors (Lipinski definition) is 2. The number of halogens is 1. The zero-order valence-corrected chi connectivity index (χ0v) is 14.7. The van der Waals surface area contributed by atoms with Gasteiger partial charge in [-0.15, -0.1) is 0 Å². The average molecular weight is 357 g/mol. The molecule has 0 fully saturated rings. The molecule has 1 aromatic heterocycles. The molecule has 3 rings (SSSR count). The summed E-state index contributed by atoms with van der Waals surface area (Å²) in [5, 5.41) is 11.6. The van der Waals surface area contributed by atoms with Gasteiger partial charge in [0.2, 0.25) is 0 Å². The molecule has 0 saturated heterocycles. The van der Waals surface area contributed by atoms with Crippen molar-refractivity contribution in [1.29, 1.82) is 0 Å². The maximum Gasteiger partial charge on any atom is 0.176 e. The second kappa shape index (κ2) is 7.47. The predicted molar refractivity (Wildman–Crippen MR) is 104 cm³/mol. The van der Waals surface area contributed by atoms with E-state index in [9.17, 15) is 0 Å². The third-order valence-electron chi connectivity index (χ3n) is 3.53. The third kappa shape index (κ3) is 4.13. The lowest BCUT2D eigenvalue weighted by atomic mass is 10.2. The van der Waals surface area contributed by atoms with E-state index in [0.717, 1.165) is 16.8 Å². The van der Waals surface area contributed by atoms with Gasteiger partial charge in [0.25, 0.3) is 0 Å². The molecule has 0 aliphatic carbocycles. The molecule has 0 saturated carbocycles. The average Bonchev–Trinajstić information content (AvgIpc) is 2.90. The van der Waals surface area contributed by atoms with Crippen LogP contribution in [0, 0.1) is 6.92 Å². The van der Waals surface area contributed by atoms with Crippen LogP contribution in [0.15, 0.2) is 60.8 Å². The lowest BCUT2D eigenvalue weighted by molar-refractivity contribution is 0.690. The lowest BCUT2D eigenvalue weighted by Gasteiger charge is -2.11. The van der Waals surface area contributed by atoms with Crippen molar-refractivity contribution >= 4 is 40.4 Å². The SMILES string of the molecule is Cc1ccccc1NC(=S)Nc1nn(Cc2ccccc2)cc1Cl. The molecule has 1 heterocycles.